The van der Waals surface area contributed by atoms with Crippen molar-refractivity contribution in [3.63, 3.8) is 0 Å². The van der Waals surface area contributed by atoms with E-state index in [0.717, 1.165) is 30.8 Å². The third-order valence-electron chi connectivity index (χ3n) is 4.29. The van der Waals surface area contributed by atoms with Gasteiger partial charge in [-0.1, -0.05) is 13.8 Å². The summed E-state index contributed by atoms with van der Waals surface area (Å²) in [4.78, 5) is 2.70. The van der Waals surface area contributed by atoms with Crippen LogP contribution in [0, 0.1) is 11.8 Å². The van der Waals surface area contributed by atoms with Crippen LogP contribution in [0.25, 0.3) is 0 Å². The van der Waals surface area contributed by atoms with Gasteiger partial charge in [0.1, 0.15) is 0 Å². The first kappa shape index (κ1) is 13.3. The minimum Gasteiger partial charge on any atom is -0.396 e. The molecule has 0 aromatic heterocycles. The summed E-state index contributed by atoms with van der Waals surface area (Å²) in [5, 5.41) is 12.5. The summed E-state index contributed by atoms with van der Waals surface area (Å²) in [6, 6.07) is 1.53. The highest BCUT2D eigenvalue weighted by Gasteiger charge is 2.36. The lowest BCUT2D eigenvalue weighted by Gasteiger charge is -2.40. The molecule has 0 amide bonds. The zero-order chi connectivity index (χ0) is 12.3. The summed E-state index contributed by atoms with van der Waals surface area (Å²) < 4.78 is 0. The number of aliphatic hydroxyl groups excluding tert-OH is 1. The van der Waals surface area contributed by atoms with Gasteiger partial charge >= 0.3 is 0 Å². The van der Waals surface area contributed by atoms with Crippen molar-refractivity contribution < 1.29 is 5.11 Å². The van der Waals surface area contributed by atoms with Crippen molar-refractivity contribution in [1.29, 1.82) is 0 Å². The molecule has 1 saturated carbocycles. The highest BCUT2D eigenvalue weighted by atomic mass is 16.3. The van der Waals surface area contributed by atoms with Crippen molar-refractivity contribution >= 4 is 0 Å². The molecule has 17 heavy (non-hydrogen) atoms. The molecule has 2 N–H and O–H groups in total. The van der Waals surface area contributed by atoms with Crippen LogP contribution in [-0.4, -0.2) is 48.3 Å². The fourth-order valence-corrected chi connectivity index (χ4v) is 2.93. The number of piperidine rings is 1. The monoisotopic (exact) mass is 240 g/mol. The van der Waals surface area contributed by atoms with E-state index in [4.69, 9.17) is 5.11 Å². The van der Waals surface area contributed by atoms with Crippen molar-refractivity contribution in [2.24, 2.45) is 11.8 Å². The summed E-state index contributed by atoms with van der Waals surface area (Å²) in [6.45, 7) is 8.50. The second-order valence-electron chi connectivity index (χ2n) is 6.15. The molecule has 3 heteroatoms. The molecule has 100 valence electrons. The van der Waals surface area contributed by atoms with E-state index in [1.54, 1.807) is 0 Å². The van der Waals surface area contributed by atoms with E-state index >= 15 is 0 Å². The molecule has 2 atom stereocenters. The molecule has 2 unspecified atom stereocenters. The maximum Gasteiger partial charge on any atom is 0.0443 e. The predicted molar refractivity (Wildman–Crippen MR) is 71.0 cm³/mol. The molecule has 0 spiro atoms. The quantitative estimate of drug-likeness (QED) is 0.690. The number of rotatable bonds is 6. The van der Waals surface area contributed by atoms with Gasteiger partial charge in [-0.05, 0) is 44.1 Å². The molecule has 1 saturated heterocycles. The Kier molecular flexibility index (Phi) is 4.83. The molecule has 1 heterocycles. The van der Waals surface area contributed by atoms with Gasteiger partial charge in [-0.25, -0.2) is 0 Å². The third-order valence-corrected chi connectivity index (χ3v) is 4.29. The van der Waals surface area contributed by atoms with Gasteiger partial charge in [0.05, 0.1) is 0 Å². The Balaban J connectivity index is 1.82. The van der Waals surface area contributed by atoms with Gasteiger partial charge in [0.2, 0.25) is 0 Å². The minimum absolute atomic E-state index is 0.305. The third kappa shape index (κ3) is 3.94. The first-order valence-corrected chi connectivity index (χ1v) is 7.29. The SMILES string of the molecule is CC(C)C1CC(NCCCO)CN(C2CC2)C1. The fraction of sp³-hybridized carbons (Fsp3) is 1.00. The summed E-state index contributed by atoms with van der Waals surface area (Å²) in [5.41, 5.74) is 0. The van der Waals surface area contributed by atoms with E-state index in [1.165, 1.54) is 32.4 Å². The summed E-state index contributed by atoms with van der Waals surface area (Å²) in [7, 11) is 0. The molecule has 0 aromatic carbocycles. The largest absolute Gasteiger partial charge is 0.396 e. The molecule has 0 aromatic rings. The molecular formula is C14H28N2O. The molecule has 2 aliphatic rings. The fourth-order valence-electron chi connectivity index (χ4n) is 2.93. The van der Waals surface area contributed by atoms with Crippen LogP contribution in [0.1, 0.15) is 39.5 Å². The van der Waals surface area contributed by atoms with E-state index in [0.29, 0.717) is 12.6 Å². The van der Waals surface area contributed by atoms with Crippen molar-refractivity contribution in [1.82, 2.24) is 10.2 Å². The van der Waals surface area contributed by atoms with Gasteiger partial charge in [-0.15, -0.1) is 0 Å². The van der Waals surface area contributed by atoms with Gasteiger partial charge < -0.3 is 10.4 Å². The topological polar surface area (TPSA) is 35.5 Å². The average Bonchev–Trinajstić information content (AvgIpc) is 3.13. The second-order valence-corrected chi connectivity index (χ2v) is 6.15. The van der Waals surface area contributed by atoms with Crippen molar-refractivity contribution in [3.8, 4) is 0 Å². The minimum atomic E-state index is 0.305. The number of likely N-dealkylation sites (tertiary alicyclic amines) is 1. The average molecular weight is 240 g/mol. The predicted octanol–water partition coefficient (Wildman–Crippen LogP) is 1.47. The Bertz CT molecular complexity index is 218. The van der Waals surface area contributed by atoms with E-state index in [-0.39, 0.29) is 0 Å². The van der Waals surface area contributed by atoms with Crippen LogP contribution in [-0.2, 0) is 0 Å². The zero-order valence-electron chi connectivity index (χ0n) is 11.4. The normalized spacial score (nSPS) is 31.1. The molecular weight excluding hydrogens is 212 g/mol. The number of nitrogens with one attached hydrogen (secondary N) is 1. The van der Waals surface area contributed by atoms with Crippen LogP contribution < -0.4 is 5.32 Å². The van der Waals surface area contributed by atoms with Crippen LogP contribution in [0.2, 0.25) is 0 Å². The molecule has 2 fully saturated rings. The van der Waals surface area contributed by atoms with E-state index in [1.807, 2.05) is 0 Å². The summed E-state index contributed by atoms with van der Waals surface area (Å²) >= 11 is 0. The zero-order valence-corrected chi connectivity index (χ0v) is 11.4. The Labute approximate surface area is 106 Å². The van der Waals surface area contributed by atoms with Crippen LogP contribution in [0.15, 0.2) is 0 Å². The Hall–Kier alpha value is -0.120. The van der Waals surface area contributed by atoms with Gasteiger partial charge in [-0.2, -0.15) is 0 Å². The molecule has 1 aliphatic carbocycles. The number of nitrogens with zero attached hydrogens (tertiary/aromatic N) is 1. The lowest BCUT2D eigenvalue weighted by molar-refractivity contribution is 0.108. The molecule has 0 bridgehead atoms. The van der Waals surface area contributed by atoms with Crippen molar-refractivity contribution in [2.75, 3.05) is 26.2 Å². The lowest BCUT2D eigenvalue weighted by atomic mass is 9.85. The van der Waals surface area contributed by atoms with E-state index < -0.39 is 0 Å². The Morgan fingerprint density at radius 3 is 2.65 bits per heavy atom. The van der Waals surface area contributed by atoms with E-state index in [2.05, 4.69) is 24.1 Å². The molecule has 3 nitrogen and oxygen atoms in total. The Morgan fingerprint density at radius 1 is 1.29 bits per heavy atom. The molecule has 1 aliphatic heterocycles. The standard InChI is InChI=1S/C14H28N2O/c1-11(2)12-8-13(15-6-3-7-17)10-16(9-12)14-4-5-14/h11-15,17H,3-10H2,1-2H3. The van der Waals surface area contributed by atoms with Crippen molar-refractivity contribution in [3.05, 3.63) is 0 Å². The smallest absolute Gasteiger partial charge is 0.0443 e. The van der Waals surface area contributed by atoms with Crippen LogP contribution >= 0.6 is 0 Å². The maximum absolute atomic E-state index is 8.84. The molecule has 0 radical (unpaired) electrons. The maximum atomic E-state index is 8.84. The molecule has 2 rings (SSSR count). The highest BCUT2D eigenvalue weighted by molar-refractivity contribution is 4.92. The van der Waals surface area contributed by atoms with Crippen LogP contribution in [0.4, 0.5) is 0 Å². The number of hydrogen-bond donors (Lipinski definition) is 2. The van der Waals surface area contributed by atoms with Crippen LogP contribution in [0.5, 0.6) is 0 Å². The van der Waals surface area contributed by atoms with E-state index in [9.17, 15) is 0 Å². The lowest BCUT2D eigenvalue weighted by Crippen LogP contribution is -2.51. The summed E-state index contributed by atoms with van der Waals surface area (Å²) in [6.07, 6.45) is 5.01. The number of hydrogen-bond acceptors (Lipinski definition) is 3. The van der Waals surface area contributed by atoms with Gasteiger partial charge in [0.15, 0.2) is 0 Å². The second kappa shape index (κ2) is 6.17. The first-order valence-electron chi connectivity index (χ1n) is 7.29. The van der Waals surface area contributed by atoms with Crippen LogP contribution in [0.3, 0.4) is 0 Å². The highest BCUT2D eigenvalue weighted by Crippen LogP contribution is 2.33. The first-order chi connectivity index (χ1) is 8.20. The van der Waals surface area contributed by atoms with Gasteiger partial charge in [0.25, 0.3) is 0 Å². The summed E-state index contributed by atoms with van der Waals surface area (Å²) in [5.74, 6) is 1.63. The van der Waals surface area contributed by atoms with Crippen molar-refractivity contribution in [2.45, 2.75) is 51.6 Å². The van der Waals surface area contributed by atoms with Gasteiger partial charge in [0, 0.05) is 31.8 Å². The van der Waals surface area contributed by atoms with Gasteiger partial charge in [-0.3, -0.25) is 4.90 Å². The number of aliphatic hydroxyl groups is 1. The Morgan fingerprint density at radius 2 is 2.06 bits per heavy atom.